The molecule has 1 aromatic carbocycles. The second-order valence-corrected chi connectivity index (χ2v) is 8.44. The number of hydrazone groups is 1. The third-order valence-electron chi connectivity index (χ3n) is 5.92. The summed E-state index contributed by atoms with van der Waals surface area (Å²) >= 11 is 0. The standard InChI is InChI=1S/C26H27N5O5/c1-3-12-30(16-24-27-28-26(36-24)23-7-5-14-35-23)17-25(32)31-21(22-6-4-13-34-22)15-20(29-31)18-8-10-19(33-2)11-9-18/h4-11,13-14,21H,3,12,15-17H2,1-2H3/t21-/m0/s1. The molecule has 5 rings (SSSR count). The maximum absolute atomic E-state index is 13.5. The van der Waals surface area contributed by atoms with Crippen molar-refractivity contribution in [3.05, 3.63) is 78.3 Å². The zero-order valence-electron chi connectivity index (χ0n) is 20.2. The van der Waals surface area contributed by atoms with Crippen LogP contribution in [0, 0.1) is 0 Å². The van der Waals surface area contributed by atoms with Crippen LogP contribution in [0.15, 0.2) is 79.4 Å². The van der Waals surface area contributed by atoms with E-state index in [0.29, 0.717) is 42.8 Å². The van der Waals surface area contributed by atoms with Gasteiger partial charge in [0.2, 0.25) is 5.89 Å². The lowest BCUT2D eigenvalue weighted by Gasteiger charge is -2.24. The first-order valence-electron chi connectivity index (χ1n) is 11.8. The minimum Gasteiger partial charge on any atom is -0.497 e. The van der Waals surface area contributed by atoms with Crippen molar-refractivity contribution < 1.29 is 22.8 Å². The molecule has 1 aliphatic heterocycles. The van der Waals surface area contributed by atoms with Gasteiger partial charge in [-0.15, -0.1) is 10.2 Å². The third-order valence-corrected chi connectivity index (χ3v) is 5.92. The highest BCUT2D eigenvalue weighted by Gasteiger charge is 2.35. The second kappa shape index (κ2) is 10.6. The lowest BCUT2D eigenvalue weighted by molar-refractivity contribution is -0.134. The van der Waals surface area contributed by atoms with Crippen LogP contribution in [-0.4, -0.2) is 51.9 Å². The number of ether oxygens (including phenoxy) is 1. The molecule has 0 saturated carbocycles. The lowest BCUT2D eigenvalue weighted by Crippen LogP contribution is -2.38. The fourth-order valence-electron chi connectivity index (χ4n) is 4.20. The van der Waals surface area contributed by atoms with Gasteiger partial charge < -0.3 is 18.0 Å². The number of methoxy groups -OCH3 is 1. The highest BCUT2D eigenvalue weighted by atomic mass is 16.5. The van der Waals surface area contributed by atoms with Gasteiger partial charge in [0.1, 0.15) is 17.6 Å². The Morgan fingerprint density at radius 3 is 2.61 bits per heavy atom. The second-order valence-electron chi connectivity index (χ2n) is 8.44. The highest BCUT2D eigenvalue weighted by Crippen LogP contribution is 2.33. The average molecular weight is 490 g/mol. The van der Waals surface area contributed by atoms with Crippen LogP contribution in [0.4, 0.5) is 0 Å². The van der Waals surface area contributed by atoms with Crippen LogP contribution in [0.2, 0.25) is 0 Å². The number of carbonyl (C=O) groups excluding carboxylic acids is 1. The molecule has 0 radical (unpaired) electrons. The Kier molecular flexibility index (Phi) is 6.94. The number of nitrogens with zero attached hydrogens (tertiary/aromatic N) is 5. The summed E-state index contributed by atoms with van der Waals surface area (Å²) in [7, 11) is 1.63. The van der Waals surface area contributed by atoms with Crippen LogP contribution in [0.1, 0.15) is 43.0 Å². The smallest absolute Gasteiger partial charge is 0.283 e. The molecule has 4 heterocycles. The number of hydrogen-bond donors (Lipinski definition) is 0. The summed E-state index contributed by atoms with van der Waals surface area (Å²) in [6.45, 7) is 3.21. The minimum absolute atomic E-state index is 0.140. The molecule has 0 fully saturated rings. The Bertz CT molecular complexity index is 1290. The van der Waals surface area contributed by atoms with Gasteiger partial charge in [-0.05, 0) is 67.1 Å². The van der Waals surface area contributed by atoms with Crippen LogP contribution < -0.4 is 4.74 Å². The van der Waals surface area contributed by atoms with Crippen molar-refractivity contribution in [2.75, 3.05) is 20.2 Å². The van der Waals surface area contributed by atoms with Gasteiger partial charge in [-0.1, -0.05) is 6.92 Å². The molecular formula is C26H27N5O5. The van der Waals surface area contributed by atoms with E-state index in [1.807, 2.05) is 41.3 Å². The quantitative estimate of drug-likeness (QED) is 0.320. The van der Waals surface area contributed by atoms with E-state index < -0.39 is 0 Å². The van der Waals surface area contributed by atoms with Gasteiger partial charge in [0.15, 0.2) is 5.76 Å². The number of rotatable bonds is 10. The van der Waals surface area contributed by atoms with E-state index in [-0.39, 0.29) is 18.5 Å². The monoisotopic (exact) mass is 489 g/mol. The molecule has 4 aromatic rings. The van der Waals surface area contributed by atoms with Crippen molar-refractivity contribution in [2.24, 2.45) is 5.10 Å². The van der Waals surface area contributed by atoms with Crippen molar-refractivity contribution in [1.82, 2.24) is 20.1 Å². The summed E-state index contributed by atoms with van der Waals surface area (Å²) in [5, 5.41) is 14.4. The molecule has 0 saturated heterocycles. The van der Waals surface area contributed by atoms with Crippen molar-refractivity contribution in [1.29, 1.82) is 0 Å². The predicted octanol–water partition coefficient (Wildman–Crippen LogP) is 4.52. The van der Waals surface area contributed by atoms with Gasteiger partial charge in [0.25, 0.3) is 11.8 Å². The van der Waals surface area contributed by atoms with Crippen molar-refractivity contribution in [3.8, 4) is 17.4 Å². The molecule has 0 unspecified atom stereocenters. The fraction of sp³-hybridized carbons (Fsp3) is 0.308. The maximum Gasteiger partial charge on any atom is 0.283 e. The Balaban J connectivity index is 1.33. The molecule has 0 spiro atoms. The van der Waals surface area contributed by atoms with Crippen molar-refractivity contribution in [3.63, 3.8) is 0 Å². The normalized spacial score (nSPS) is 15.5. The molecular weight excluding hydrogens is 462 g/mol. The Morgan fingerprint density at radius 2 is 1.92 bits per heavy atom. The lowest BCUT2D eigenvalue weighted by atomic mass is 10.0. The van der Waals surface area contributed by atoms with Crippen LogP contribution in [0.5, 0.6) is 5.75 Å². The van der Waals surface area contributed by atoms with Gasteiger partial charge in [0, 0.05) is 6.42 Å². The van der Waals surface area contributed by atoms with Gasteiger partial charge in [-0.25, -0.2) is 5.01 Å². The van der Waals surface area contributed by atoms with Gasteiger partial charge in [0.05, 0.1) is 38.4 Å². The molecule has 36 heavy (non-hydrogen) atoms. The maximum atomic E-state index is 13.5. The van der Waals surface area contributed by atoms with Gasteiger partial charge in [-0.3, -0.25) is 9.69 Å². The topological polar surface area (TPSA) is 110 Å². The Morgan fingerprint density at radius 1 is 1.11 bits per heavy atom. The Hall–Kier alpha value is -4.18. The van der Waals surface area contributed by atoms with Crippen LogP contribution in [0.3, 0.4) is 0 Å². The number of aromatic nitrogens is 2. The van der Waals surface area contributed by atoms with Crippen LogP contribution in [-0.2, 0) is 11.3 Å². The van der Waals surface area contributed by atoms with Crippen LogP contribution in [0.25, 0.3) is 11.7 Å². The summed E-state index contributed by atoms with van der Waals surface area (Å²) in [6, 6.07) is 14.5. The van der Waals surface area contributed by atoms with E-state index in [1.54, 1.807) is 31.8 Å². The van der Waals surface area contributed by atoms with Crippen molar-refractivity contribution in [2.45, 2.75) is 32.4 Å². The minimum atomic E-state index is -0.318. The summed E-state index contributed by atoms with van der Waals surface area (Å²) in [4.78, 5) is 15.5. The first-order chi connectivity index (χ1) is 17.6. The molecule has 10 heteroatoms. The molecule has 0 aliphatic carbocycles. The summed E-state index contributed by atoms with van der Waals surface area (Å²) in [5.74, 6) is 2.54. The third kappa shape index (κ3) is 5.08. The molecule has 0 N–H and O–H groups in total. The molecule has 1 atom stereocenters. The number of benzene rings is 1. The first kappa shape index (κ1) is 23.6. The first-order valence-corrected chi connectivity index (χ1v) is 11.8. The van der Waals surface area contributed by atoms with E-state index in [9.17, 15) is 4.79 Å². The average Bonchev–Trinajstić information content (AvgIpc) is 3.69. The van der Waals surface area contributed by atoms with E-state index in [0.717, 1.165) is 23.4 Å². The number of hydrogen-bond acceptors (Lipinski definition) is 9. The fourth-order valence-corrected chi connectivity index (χ4v) is 4.20. The molecule has 1 amide bonds. The van der Waals surface area contributed by atoms with E-state index >= 15 is 0 Å². The van der Waals surface area contributed by atoms with E-state index in [1.165, 1.54) is 5.01 Å². The molecule has 3 aromatic heterocycles. The summed E-state index contributed by atoms with van der Waals surface area (Å²) in [5.41, 5.74) is 1.75. The number of amides is 1. The summed E-state index contributed by atoms with van der Waals surface area (Å²) in [6.07, 6.45) is 4.57. The summed E-state index contributed by atoms with van der Waals surface area (Å²) < 4.78 is 22.0. The zero-order valence-corrected chi connectivity index (χ0v) is 20.2. The number of carbonyl (C=O) groups is 1. The van der Waals surface area contributed by atoms with Crippen LogP contribution >= 0.6 is 0 Å². The molecule has 10 nitrogen and oxygen atoms in total. The molecule has 186 valence electrons. The SMILES string of the molecule is CCCN(CC(=O)N1N=C(c2ccc(OC)cc2)C[C@H]1c1ccco1)Cc1nnc(-c2ccco2)o1. The van der Waals surface area contributed by atoms with Gasteiger partial charge >= 0.3 is 0 Å². The zero-order chi connectivity index (χ0) is 24.9. The molecule has 0 bridgehead atoms. The number of furan rings is 2. The predicted molar refractivity (Wildman–Crippen MR) is 130 cm³/mol. The van der Waals surface area contributed by atoms with Gasteiger partial charge in [-0.2, -0.15) is 5.10 Å². The van der Waals surface area contributed by atoms with E-state index in [2.05, 4.69) is 17.1 Å². The van der Waals surface area contributed by atoms with Crippen molar-refractivity contribution >= 4 is 11.6 Å². The molecule has 1 aliphatic rings. The highest BCUT2D eigenvalue weighted by molar-refractivity contribution is 6.03. The Labute approximate surface area is 208 Å². The van der Waals surface area contributed by atoms with E-state index in [4.69, 9.17) is 23.1 Å². The largest absolute Gasteiger partial charge is 0.497 e.